The van der Waals surface area contributed by atoms with Crippen molar-refractivity contribution < 1.29 is 27.5 Å². The summed E-state index contributed by atoms with van der Waals surface area (Å²) in [7, 11) is -1.76. The quantitative estimate of drug-likeness (QED) is 0.678. The first-order chi connectivity index (χ1) is 9.81. The summed E-state index contributed by atoms with van der Waals surface area (Å²) in [6.07, 6.45) is 0. The van der Waals surface area contributed by atoms with E-state index < -0.39 is 35.1 Å². The third-order valence-electron chi connectivity index (χ3n) is 2.52. The number of benzene rings is 1. The molecule has 0 amide bonds. The van der Waals surface area contributed by atoms with Crippen molar-refractivity contribution in [1.82, 2.24) is 4.31 Å². The van der Waals surface area contributed by atoms with Crippen molar-refractivity contribution in [3.8, 4) is 0 Å². The zero-order valence-corrected chi connectivity index (χ0v) is 13.8. The van der Waals surface area contributed by atoms with Gasteiger partial charge in [-0.1, -0.05) is 15.9 Å². The largest absolute Gasteiger partial charge is 0.468 e. The molecule has 0 aliphatic heterocycles. The maximum Gasteiger partial charge on any atom is 0.321 e. The van der Waals surface area contributed by atoms with Crippen LogP contribution >= 0.6 is 15.9 Å². The predicted molar refractivity (Wildman–Crippen MR) is 76.9 cm³/mol. The van der Waals surface area contributed by atoms with E-state index in [-0.39, 0.29) is 4.90 Å². The van der Waals surface area contributed by atoms with Gasteiger partial charge in [-0.15, -0.1) is 0 Å². The summed E-state index contributed by atoms with van der Waals surface area (Å²) in [5.41, 5.74) is 0. The van der Waals surface area contributed by atoms with E-state index in [2.05, 4.69) is 25.4 Å². The maximum atomic E-state index is 12.4. The van der Waals surface area contributed by atoms with Crippen molar-refractivity contribution in [1.29, 1.82) is 0 Å². The van der Waals surface area contributed by atoms with Gasteiger partial charge >= 0.3 is 11.9 Å². The second kappa shape index (κ2) is 7.53. The number of esters is 2. The van der Waals surface area contributed by atoms with E-state index in [9.17, 15) is 18.0 Å². The van der Waals surface area contributed by atoms with Crippen LogP contribution in [0.3, 0.4) is 0 Å². The molecule has 21 heavy (non-hydrogen) atoms. The molecule has 0 atom stereocenters. The molecule has 0 saturated carbocycles. The second-order valence-corrected chi connectivity index (χ2v) is 6.73. The zero-order chi connectivity index (χ0) is 16.0. The van der Waals surface area contributed by atoms with Gasteiger partial charge in [0.25, 0.3) is 0 Å². The smallest absolute Gasteiger partial charge is 0.321 e. The minimum Gasteiger partial charge on any atom is -0.468 e. The van der Waals surface area contributed by atoms with Gasteiger partial charge in [-0.05, 0) is 24.3 Å². The fourth-order valence-electron chi connectivity index (χ4n) is 1.40. The van der Waals surface area contributed by atoms with E-state index in [0.717, 1.165) is 14.2 Å². The number of carbonyl (C=O) groups excluding carboxylic acids is 2. The molecule has 1 rings (SSSR count). The Bertz CT molecular complexity index is 595. The van der Waals surface area contributed by atoms with Crippen LogP contribution in [0.5, 0.6) is 0 Å². The lowest BCUT2D eigenvalue weighted by Crippen LogP contribution is -2.40. The monoisotopic (exact) mass is 379 g/mol. The minimum absolute atomic E-state index is 0.0430. The summed E-state index contributed by atoms with van der Waals surface area (Å²) in [6, 6.07) is 5.81. The van der Waals surface area contributed by atoms with Crippen molar-refractivity contribution in [3.63, 3.8) is 0 Å². The van der Waals surface area contributed by atoms with Crippen molar-refractivity contribution >= 4 is 37.9 Å². The Kier molecular flexibility index (Phi) is 6.31. The number of nitrogens with zero attached hydrogens (tertiary/aromatic N) is 1. The first-order valence-electron chi connectivity index (χ1n) is 5.70. The molecule has 0 spiro atoms. The van der Waals surface area contributed by atoms with E-state index in [1.165, 1.54) is 12.1 Å². The molecule has 0 aliphatic rings. The molecule has 0 radical (unpaired) electrons. The normalized spacial score (nSPS) is 11.2. The Labute approximate surface area is 131 Å². The summed E-state index contributed by atoms with van der Waals surface area (Å²) in [5, 5.41) is 0. The topological polar surface area (TPSA) is 90.0 Å². The van der Waals surface area contributed by atoms with Crippen LogP contribution in [0.4, 0.5) is 0 Å². The summed E-state index contributed by atoms with van der Waals surface area (Å²) >= 11 is 3.20. The number of rotatable bonds is 6. The molecule has 7 nitrogen and oxygen atoms in total. The van der Waals surface area contributed by atoms with E-state index in [1.54, 1.807) is 12.1 Å². The fraction of sp³-hybridized carbons (Fsp3) is 0.333. The highest BCUT2D eigenvalue weighted by atomic mass is 79.9. The first-order valence-corrected chi connectivity index (χ1v) is 7.94. The van der Waals surface area contributed by atoms with Crippen LogP contribution in [0.1, 0.15) is 0 Å². The average molecular weight is 380 g/mol. The molecular weight excluding hydrogens is 366 g/mol. The van der Waals surface area contributed by atoms with Crippen LogP contribution in [0.15, 0.2) is 33.6 Å². The van der Waals surface area contributed by atoms with Crippen molar-refractivity contribution in [2.24, 2.45) is 0 Å². The summed E-state index contributed by atoms with van der Waals surface area (Å²) in [6.45, 7) is -1.16. The van der Waals surface area contributed by atoms with E-state index in [0.29, 0.717) is 8.78 Å². The van der Waals surface area contributed by atoms with E-state index >= 15 is 0 Å². The number of hydrogen-bond donors (Lipinski definition) is 0. The van der Waals surface area contributed by atoms with Gasteiger partial charge in [0.1, 0.15) is 13.1 Å². The predicted octanol–water partition coefficient (Wildman–Crippen LogP) is 0.786. The lowest BCUT2D eigenvalue weighted by atomic mass is 10.4. The SMILES string of the molecule is COC(=O)CN(CC(=O)OC)S(=O)(=O)c1ccc(Br)cc1. The second-order valence-electron chi connectivity index (χ2n) is 3.88. The Morgan fingerprint density at radius 2 is 1.48 bits per heavy atom. The first kappa shape index (κ1) is 17.6. The Morgan fingerprint density at radius 3 is 1.86 bits per heavy atom. The number of halogens is 1. The molecule has 0 aliphatic carbocycles. The summed E-state index contributed by atoms with van der Waals surface area (Å²) in [4.78, 5) is 22.6. The van der Waals surface area contributed by atoms with Crippen molar-refractivity contribution in [2.75, 3.05) is 27.3 Å². The van der Waals surface area contributed by atoms with Gasteiger partial charge in [0, 0.05) is 4.47 Å². The van der Waals surface area contributed by atoms with Crippen LogP contribution in [-0.2, 0) is 29.1 Å². The highest BCUT2D eigenvalue weighted by Crippen LogP contribution is 2.18. The van der Waals surface area contributed by atoms with E-state index in [1.807, 2.05) is 0 Å². The van der Waals surface area contributed by atoms with E-state index in [4.69, 9.17) is 0 Å². The average Bonchev–Trinajstić information content (AvgIpc) is 2.46. The third-order valence-corrected chi connectivity index (χ3v) is 4.85. The highest BCUT2D eigenvalue weighted by Gasteiger charge is 2.29. The number of sulfonamides is 1. The summed E-state index contributed by atoms with van der Waals surface area (Å²) < 4.78 is 35.2. The number of carbonyl (C=O) groups is 2. The molecule has 1 aromatic rings. The lowest BCUT2D eigenvalue weighted by Gasteiger charge is -2.19. The Hall–Kier alpha value is -1.45. The van der Waals surface area contributed by atoms with Gasteiger partial charge in [-0.2, -0.15) is 4.31 Å². The zero-order valence-electron chi connectivity index (χ0n) is 11.4. The third kappa shape index (κ3) is 4.80. The molecule has 1 aromatic carbocycles. The molecule has 0 aromatic heterocycles. The molecule has 0 heterocycles. The molecule has 116 valence electrons. The molecule has 0 saturated heterocycles. The lowest BCUT2D eigenvalue weighted by molar-refractivity contribution is -0.143. The van der Waals surface area contributed by atoms with Gasteiger partial charge in [0.2, 0.25) is 10.0 Å². The Morgan fingerprint density at radius 1 is 1.05 bits per heavy atom. The standard InChI is InChI=1S/C12H14BrNO6S/c1-19-11(15)7-14(8-12(16)20-2)21(17,18)10-5-3-9(13)4-6-10/h3-6H,7-8H2,1-2H3. The molecule has 0 bridgehead atoms. The van der Waals surface area contributed by atoms with Crippen LogP contribution in [0.25, 0.3) is 0 Å². The summed E-state index contributed by atoms with van der Waals surface area (Å²) in [5.74, 6) is -1.56. The van der Waals surface area contributed by atoms with Crippen molar-refractivity contribution in [2.45, 2.75) is 4.90 Å². The molecule has 0 unspecified atom stereocenters. The van der Waals surface area contributed by atoms with Crippen LogP contribution in [-0.4, -0.2) is 52.0 Å². The minimum atomic E-state index is -4.02. The van der Waals surface area contributed by atoms with Crippen LogP contribution in [0.2, 0.25) is 0 Å². The molecule has 9 heteroatoms. The molecular formula is C12H14BrNO6S. The van der Waals surface area contributed by atoms with Crippen molar-refractivity contribution in [3.05, 3.63) is 28.7 Å². The molecule has 0 N–H and O–H groups in total. The number of methoxy groups -OCH3 is 2. The van der Waals surface area contributed by atoms with Gasteiger partial charge in [-0.25, -0.2) is 8.42 Å². The number of hydrogen-bond acceptors (Lipinski definition) is 6. The molecule has 0 fully saturated rings. The van der Waals surface area contributed by atoms with Crippen LogP contribution in [0, 0.1) is 0 Å². The number of ether oxygens (including phenoxy) is 2. The maximum absolute atomic E-state index is 12.4. The van der Waals surface area contributed by atoms with Crippen LogP contribution < -0.4 is 0 Å². The highest BCUT2D eigenvalue weighted by molar-refractivity contribution is 9.10. The fourth-order valence-corrected chi connectivity index (χ4v) is 2.99. The van der Waals surface area contributed by atoms with Gasteiger partial charge < -0.3 is 9.47 Å². The van der Waals surface area contributed by atoms with Gasteiger partial charge in [0.05, 0.1) is 19.1 Å². The van der Waals surface area contributed by atoms with Gasteiger partial charge in [0.15, 0.2) is 0 Å². The Balaban J connectivity index is 3.12. The van der Waals surface area contributed by atoms with Gasteiger partial charge in [-0.3, -0.25) is 9.59 Å².